The van der Waals surface area contributed by atoms with Crippen molar-refractivity contribution in [2.45, 2.75) is 32.0 Å². The van der Waals surface area contributed by atoms with Crippen molar-refractivity contribution in [1.82, 2.24) is 0 Å². The van der Waals surface area contributed by atoms with E-state index in [1.807, 2.05) is 38.2 Å². The number of rotatable bonds is 4. The van der Waals surface area contributed by atoms with E-state index in [0.717, 1.165) is 6.42 Å². The van der Waals surface area contributed by atoms with Crippen LogP contribution in [-0.4, -0.2) is 18.8 Å². The van der Waals surface area contributed by atoms with Crippen molar-refractivity contribution in [2.24, 2.45) is 0 Å². The lowest BCUT2D eigenvalue weighted by molar-refractivity contribution is 0.0709. The molecule has 14 heavy (non-hydrogen) atoms. The molecule has 0 saturated heterocycles. The normalized spacial score (nSPS) is 26.3. The van der Waals surface area contributed by atoms with Crippen molar-refractivity contribution in [3.8, 4) is 0 Å². The molecule has 0 heterocycles. The van der Waals surface area contributed by atoms with E-state index in [0.29, 0.717) is 0 Å². The van der Waals surface area contributed by atoms with Crippen LogP contribution in [0.3, 0.4) is 0 Å². The van der Waals surface area contributed by atoms with E-state index in [1.54, 1.807) is 13.4 Å². The summed E-state index contributed by atoms with van der Waals surface area (Å²) in [6.45, 7) is 4.00. The molecule has 0 aliphatic heterocycles. The van der Waals surface area contributed by atoms with Gasteiger partial charge >= 0.3 is 0 Å². The van der Waals surface area contributed by atoms with Gasteiger partial charge in [0, 0.05) is 13.5 Å². The Morgan fingerprint density at radius 3 is 2.64 bits per heavy atom. The molecule has 0 aromatic heterocycles. The summed E-state index contributed by atoms with van der Waals surface area (Å²) in [5, 5.41) is 0. The van der Waals surface area contributed by atoms with Crippen LogP contribution in [0.2, 0.25) is 0 Å². The lowest BCUT2D eigenvalue weighted by Crippen LogP contribution is -2.26. The van der Waals surface area contributed by atoms with E-state index in [-0.39, 0.29) is 11.7 Å². The van der Waals surface area contributed by atoms with Crippen LogP contribution in [0.4, 0.5) is 0 Å². The lowest BCUT2D eigenvalue weighted by atomic mass is 9.95. The molecule has 78 valence electrons. The summed E-state index contributed by atoms with van der Waals surface area (Å²) < 4.78 is 10.8. The van der Waals surface area contributed by atoms with Gasteiger partial charge in [-0.1, -0.05) is 18.2 Å². The lowest BCUT2D eigenvalue weighted by Gasteiger charge is -2.25. The molecule has 1 aliphatic carbocycles. The van der Waals surface area contributed by atoms with E-state index < -0.39 is 0 Å². The van der Waals surface area contributed by atoms with Gasteiger partial charge in [0.1, 0.15) is 5.60 Å². The average Bonchev–Trinajstić information content (AvgIpc) is 2.19. The molecule has 0 N–H and O–H groups in total. The molecule has 0 amide bonds. The fraction of sp³-hybridized carbons (Fsp3) is 0.500. The maximum atomic E-state index is 5.46. The largest absolute Gasteiger partial charge is 0.499 e. The van der Waals surface area contributed by atoms with Crippen molar-refractivity contribution >= 4 is 0 Å². The summed E-state index contributed by atoms with van der Waals surface area (Å²) in [5.41, 5.74) is -0.316. The van der Waals surface area contributed by atoms with Crippen molar-refractivity contribution in [2.75, 3.05) is 7.11 Å². The SMILES string of the molecule is COC1(C=COC(C)C)C=CC=CC1. The molecular formula is C12H18O2. The molecule has 1 atom stereocenters. The van der Waals surface area contributed by atoms with Crippen molar-refractivity contribution in [3.05, 3.63) is 36.6 Å². The highest BCUT2D eigenvalue weighted by molar-refractivity contribution is 5.24. The van der Waals surface area contributed by atoms with Crippen LogP contribution in [0.1, 0.15) is 20.3 Å². The smallest absolute Gasteiger partial charge is 0.111 e. The van der Waals surface area contributed by atoms with Crippen LogP contribution in [0.25, 0.3) is 0 Å². The van der Waals surface area contributed by atoms with Gasteiger partial charge in [0.2, 0.25) is 0 Å². The van der Waals surface area contributed by atoms with Gasteiger partial charge in [0.25, 0.3) is 0 Å². The molecular weight excluding hydrogens is 176 g/mol. The Kier molecular flexibility index (Phi) is 3.96. The van der Waals surface area contributed by atoms with Gasteiger partial charge in [-0.2, -0.15) is 0 Å². The molecule has 1 unspecified atom stereocenters. The fourth-order valence-corrected chi connectivity index (χ4v) is 1.27. The maximum Gasteiger partial charge on any atom is 0.111 e. The highest BCUT2D eigenvalue weighted by Crippen LogP contribution is 2.23. The van der Waals surface area contributed by atoms with Gasteiger partial charge in [0.15, 0.2) is 0 Å². The first-order chi connectivity index (χ1) is 6.68. The third kappa shape index (κ3) is 3.04. The van der Waals surface area contributed by atoms with Crippen LogP contribution in [0.15, 0.2) is 36.6 Å². The van der Waals surface area contributed by atoms with Gasteiger partial charge in [-0.25, -0.2) is 0 Å². The highest BCUT2D eigenvalue weighted by Gasteiger charge is 2.22. The third-order valence-corrected chi connectivity index (χ3v) is 2.14. The Morgan fingerprint density at radius 2 is 2.14 bits per heavy atom. The molecule has 2 heteroatoms. The van der Waals surface area contributed by atoms with Crippen LogP contribution < -0.4 is 0 Å². The molecule has 1 rings (SSSR count). The number of hydrogen-bond donors (Lipinski definition) is 0. The van der Waals surface area contributed by atoms with Gasteiger partial charge in [-0.05, 0) is 26.0 Å². The second-order valence-corrected chi connectivity index (χ2v) is 3.64. The predicted molar refractivity (Wildman–Crippen MR) is 58.0 cm³/mol. The minimum absolute atomic E-state index is 0.211. The summed E-state index contributed by atoms with van der Waals surface area (Å²) >= 11 is 0. The predicted octanol–water partition coefficient (Wildman–Crippen LogP) is 2.83. The second kappa shape index (κ2) is 5.01. The highest BCUT2D eigenvalue weighted by atomic mass is 16.5. The zero-order valence-electron chi connectivity index (χ0n) is 9.07. The zero-order chi connectivity index (χ0) is 10.4. The average molecular weight is 194 g/mol. The first kappa shape index (κ1) is 11.1. The molecule has 0 bridgehead atoms. The van der Waals surface area contributed by atoms with E-state index >= 15 is 0 Å². The van der Waals surface area contributed by atoms with Crippen molar-refractivity contribution in [1.29, 1.82) is 0 Å². The Labute approximate surface area is 85.9 Å². The zero-order valence-corrected chi connectivity index (χ0v) is 9.07. The van der Waals surface area contributed by atoms with Crippen LogP contribution in [0, 0.1) is 0 Å². The standard InChI is InChI=1S/C12H18O2/c1-11(2)14-10-9-12(13-3)7-5-4-6-8-12/h4-7,9-11H,8H2,1-3H3. The van der Waals surface area contributed by atoms with Gasteiger partial charge in [-0.15, -0.1) is 0 Å². The number of methoxy groups -OCH3 is 1. The Balaban J connectivity index is 2.58. The van der Waals surface area contributed by atoms with E-state index in [9.17, 15) is 0 Å². The third-order valence-electron chi connectivity index (χ3n) is 2.14. The summed E-state index contributed by atoms with van der Waals surface area (Å²) in [6.07, 6.45) is 12.9. The Morgan fingerprint density at radius 1 is 1.36 bits per heavy atom. The van der Waals surface area contributed by atoms with Crippen molar-refractivity contribution in [3.63, 3.8) is 0 Å². The monoisotopic (exact) mass is 194 g/mol. The van der Waals surface area contributed by atoms with Crippen LogP contribution >= 0.6 is 0 Å². The molecule has 0 aromatic rings. The molecule has 0 aromatic carbocycles. The summed E-state index contributed by atoms with van der Waals surface area (Å²) in [4.78, 5) is 0. The topological polar surface area (TPSA) is 18.5 Å². The Bertz CT molecular complexity index is 251. The molecule has 2 nitrogen and oxygen atoms in total. The molecule has 0 fully saturated rings. The summed E-state index contributed by atoms with van der Waals surface area (Å²) in [7, 11) is 1.71. The summed E-state index contributed by atoms with van der Waals surface area (Å²) in [6, 6.07) is 0. The molecule has 0 saturated carbocycles. The quantitative estimate of drug-likeness (QED) is 0.641. The number of ether oxygens (including phenoxy) is 2. The van der Waals surface area contributed by atoms with Crippen molar-refractivity contribution < 1.29 is 9.47 Å². The Hall–Kier alpha value is -1.02. The van der Waals surface area contributed by atoms with Crippen LogP contribution in [0.5, 0.6) is 0 Å². The molecule has 1 aliphatic rings. The molecule has 0 spiro atoms. The molecule has 0 radical (unpaired) electrons. The maximum absolute atomic E-state index is 5.46. The minimum Gasteiger partial charge on any atom is -0.499 e. The van der Waals surface area contributed by atoms with E-state index in [1.165, 1.54) is 0 Å². The van der Waals surface area contributed by atoms with Gasteiger partial charge in [-0.3, -0.25) is 0 Å². The van der Waals surface area contributed by atoms with E-state index in [2.05, 4.69) is 6.08 Å². The minimum atomic E-state index is -0.316. The number of allylic oxidation sites excluding steroid dienone is 2. The fourth-order valence-electron chi connectivity index (χ4n) is 1.27. The first-order valence-electron chi connectivity index (χ1n) is 4.91. The first-order valence-corrected chi connectivity index (χ1v) is 4.91. The number of hydrogen-bond acceptors (Lipinski definition) is 2. The van der Waals surface area contributed by atoms with Gasteiger partial charge in [0.05, 0.1) is 12.4 Å². The van der Waals surface area contributed by atoms with E-state index in [4.69, 9.17) is 9.47 Å². The van der Waals surface area contributed by atoms with Gasteiger partial charge < -0.3 is 9.47 Å². The summed E-state index contributed by atoms with van der Waals surface area (Å²) in [5.74, 6) is 0. The van der Waals surface area contributed by atoms with Crippen LogP contribution in [-0.2, 0) is 9.47 Å². The second-order valence-electron chi connectivity index (χ2n) is 3.64.